The highest BCUT2D eigenvalue weighted by molar-refractivity contribution is 6.33. The number of nitriles is 2. The first kappa shape index (κ1) is 31.3. The second-order valence-corrected chi connectivity index (χ2v) is 13.0. The molecule has 0 spiro atoms. The summed E-state index contributed by atoms with van der Waals surface area (Å²) < 4.78 is 19.0. The van der Waals surface area contributed by atoms with E-state index in [-0.39, 0.29) is 47.1 Å². The number of piperidine rings is 1. The minimum absolute atomic E-state index is 0.0822. The Hall–Kier alpha value is -5.29. The Labute approximate surface area is 280 Å². The highest BCUT2D eigenvalue weighted by Crippen LogP contribution is 2.43. The van der Waals surface area contributed by atoms with Gasteiger partial charge in [-0.05, 0) is 64.4 Å². The van der Waals surface area contributed by atoms with Crippen LogP contribution in [0.15, 0.2) is 18.3 Å². The number of nitrogens with zero attached hydrogens (tertiary/aromatic N) is 10. The van der Waals surface area contributed by atoms with Crippen molar-refractivity contribution in [3.05, 3.63) is 40.3 Å². The van der Waals surface area contributed by atoms with Crippen molar-refractivity contribution in [1.29, 1.82) is 10.5 Å². The van der Waals surface area contributed by atoms with Crippen LogP contribution in [0.2, 0.25) is 5.02 Å². The van der Waals surface area contributed by atoms with E-state index >= 15 is 4.39 Å². The fraction of sp³-hybridized carbons (Fsp3) is 0.382. The Morgan fingerprint density at radius 2 is 1.98 bits per heavy atom. The third kappa shape index (κ3) is 4.88. The third-order valence-electron chi connectivity index (χ3n) is 9.68. The molecule has 14 heteroatoms. The zero-order valence-electron chi connectivity index (χ0n) is 26.8. The summed E-state index contributed by atoms with van der Waals surface area (Å²) in [6, 6.07) is 7.45. The van der Waals surface area contributed by atoms with Crippen molar-refractivity contribution in [2.45, 2.75) is 51.2 Å². The van der Waals surface area contributed by atoms with Crippen molar-refractivity contribution in [3.8, 4) is 35.1 Å². The van der Waals surface area contributed by atoms with Gasteiger partial charge in [-0.3, -0.25) is 9.89 Å². The van der Waals surface area contributed by atoms with E-state index in [0.29, 0.717) is 81.8 Å². The van der Waals surface area contributed by atoms with E-state index in [1.165, 1.54) is 0 Å². The number of likely N-dealkylation sites (tertiary alicyclic amines) is 1. The van der Waals surface area contributed by atoms with Crippen LogP contribution in [-0.2, 0) is 4.79 Å². The van der Waals surface area contributed by atoms with Gasteiger partial charge < -0.3 is 14.7 Å². The molecular formula is C34H31ClFN11O. The number of aromatic nitrogens is 6. The van der Waals surface area contributed by atoms with E-state index in [4.69, 9.17) is 16.6 Å². The van der Waals surface area contributed by atoms with Crippen LogP contribution in [0.3, 0.4) is 0 Å². The molecule has 48 heavy (non-hydrogen) atoms. The highest BCUT2D eigenvalue weighted by Gasteiger charge is 2.37. The van der Waals surface area contributed by atoms with Gasteiger partial charge in [-0.2, -0.15) is 15.6 Å². The van der Waals surface area contributed by atoms with E-state index in [0.717, 1.165) is 0 Å². The number of pyridine rings is 1. The molecule has 12 nitrogen and oxygen atoms in total. The number of carbonyl (C=O) groups excluding carboxylic acids is 1. The van der Waals surface area contributed by atoms with E-state index in [2.05, 4.69) is 54.3 Å². The average molecular weight is 664 g/mol. The summed E-state index contributed by atoms with van der Waals surface area (Å²) in [7, 11) is 4.03. The Morgan fingerprint density at radius 1 is 1.19 bits per heavy atom. The number of rotatable bonds is 5. The van der Waals surface area contributed by atoms with Crippen LogP contribution in [0.25, 0.3) is 44.0 Å². The monoisotopic (exact) mass is 663 g/mol. The molecule has 1 N–H and O–H groups in total. The van der Waals surface area contributed by atoms with Gasteiger partial charge in [0.1, 0.15) is 11.0 Å². The van der Waals surface area contributed by atoms with Crippen LogP contribution < -0.4 is 4.90 Å². The lowest BCUT2D eigenvalue weighted by atomic mass is 9.91. The summed E-state index contributed by atoms with van der Waals surface area (Å²) in [5.41, 5.74) is 3.04. The molecule has 5 heterocycles. The van der Waals surface area contributed by atoms with Crippen molar-refractivity contribution in [2.24, 2.45) is 0 Å². The average Bonchev–Trinajstić information content (AvgIpc) is 3.69. The fourth-order valence-electron chi connectivity index (χ4n) is 7.03. The Kier molecular flexibility index (Phi) is 7.87. The summed E-state index contributed by atoms with van der Waals surface area (Å²) in [6.45, 7) is 5.11. The summed E-state index contributed by atoms with van der Waals surface area (Å²) in [4.78, 5) is 23.5. The molecule has 7 rings (SSSR count). The molecule has 2 saturated heterocycles. The van der Waals surface area contributed by atoms with Gasteiger partial charge in [0.25, 0.3) is 5.91 Å². The van der Waals surface area contributed by atoms with Crippen LogP contribution in [0.1, 0.15) is 43.4 Å². The van der Waals surface area contributed by atoms with Gasteiger partial charge in [0.15, 0.2) is 17.2 Å². The largest absolute Gasteiger partial charge is 0.351 e. The molecule has 3 aromatic heterocycles. The molecule has 2 fully saturated rings. The predicted molar refractivity (Wildman–Crippen MR) is 179 cm³/mol. The molecule has 0 saturated carbocycles. The predicted octanol–water partition coefficient (Wildman–Crippen LogP) is 4.71. The maximum atomic E-state index is 17.2. The van der Waals surface area contributed by atoms with Crippen molar-refractivity contribution in [3.63, 3.8) is 0 Å². The number of halogens is 2. The number of H-pyrrole nitrogens is 1. The number of fused-ring (bicyclic) bond motifs is 4. The summed E-state index contributed by atoms with van der Waals surface area (Å²) in [5, 5.41) is 37.7. The molecular weight excluding hydrogens is 633 g/mol. The normalized spacial score (nSPS) is 18.2. The minimum atomic E-state index is -0.654. The molecule has 0 unspecified atom stereocenters. The molecule has 0 aliphatic carbocycles. The van der Waals surface area contributed by atoms with E-state index in [9.17, 15) is 15.3 Å². The number of carbonyl (C=O) groups is 1. The quantitative estimate of drug-likeness (QED) is 0.264. The highest BCUT2D eigenvalue weighted by atomic mass is 35.5. The lowest BCUT2D eigenvalue weighted by Crippen LogP contribution is -2.57. The minimum Gasteiger partial charge on any atom is -0.351 e. The fourth-order valence-corrected chi connectivity index (χ4v) is 7.23. The van der Waals surface area contributed by atoms with Gasteiger partial charge >= 0.3 is 0 Å². The second-order valence-electron chi connectivity index (χ2n) is 12.6. The first-order chi connectivity index (χ1) is 23.2. The van der Waals surface area contributed by atoms with Crippen molar-refractivity contribution >= 4 is 56.2 Å². The Bertz CT molecular complexity index is 2280. The van der Waals surface area contributed by atoms with E-state index in [1.54, 1.807) is 41.8 Å². The summed E-state index contributed by atoms with van der Waals surface area (Å²) >= 11 is 6.60. The molecule has 0 bridgehead atoms. The van der Waals surface area contributed by atoms with Crippen LogP contribution in [0, 0.1) is 47.2 Å². The molecule has 242 valence electrons. The van der Waals surface area contributed by atoms with Crippen LogP contribution in [-0.4, -0.2) is 91.7 Å². The lowest BCUT2D eigenvalue weighted by molar-refractivity contribution is -0.129. The molecule has 2 atom stereocenters. The van der Waals surface area contributed by atoms with Crippen molar-refractivity contribution < 1.29 is 9.18 Å². The van der Waals surface area contributed by atoms with Gasteiger partial charge in [0.2, 0.25) is 0 Å². The molecule has 0 radical (unpaired) electrons. The summed E-state index contributed by atoms with van der Waals surface area (Å²) in [6.07, 6.45) is 2.68. The van der Waals surface area contributed by atoms with E-state index in [1.807, 2.05) is 14.1 Å². The van der Waals surface area contributed by atoms with Crippen LogP contribution in [0.4, 0.5) is 10.2 Å². The third-order valence-corrected chi connectivity index (χ3v) is 10.1. The smallest absolute Gasteiger partial charge is 0.298 e. The summed E-state index contributed by atoms with van der Waals surface area (Å²) in [5.74, 6) is 4.78. The molecule has 2 aliphatic rings. The molecule has 1 amide bonds. The van der Waals surface area contributed by atoms with Gasteiger partial charge in [-0.25, -0.2) is 14.1 Å². The zero-order chi connectivity index (χ0) is 33.9. The van der Waals surface area contributed by atoms with Crippen LogP contribution >= 0.6 is 11.6 Å². The number of hydrogen-bond donors (Lipinski definition) is 1. The van der Waals surface area contributed by atoms with Gasteiger partial charge in [-0.1, -0.05) is 22.7 Å². The first-order valence-electron chi connectivity index (χ1n) is 15.6. The van der Waals surface area contributed by atoms with Gasteiger partial charge in [0.05, 0.1) is 41.9 Å². The second kappa shape index (κ2) is 12.1. The number of likely N-dealkylation sites (N-methyl/N-ethyl adjacent to an activating group) is 1. The number of amides is 1. The number of anilines is 1. The Morgan fingerprint density at radius 3 is 2.69 bits per heavy atom. The van der Waals surface area contributed by atoms with Gasteiger partial charge in [-0.15, -0.1) is 5.10 Å². The topological polar surface area (TPSA) is 147 Å². The number of benzene rings is 2. The van der Waals surface area contributed by atoms with Crippen molar-refractivity contribution in [2.75, 3.05) is 38.6 Å². The van der Waals surface area contributed by atoms with Crippen molar-refractivity contribution in [1.82, 2.24) is 40.0 Å². The van der Waals surface area contributed by atoms with E-state index < -0.39 is 5.82 Å². The molecule has 2 aliphatic heterocycles. The number of aromatic amines is 1. The molecule has 2 aromatic carbocycles. The Balaban J connectivity index is 1.46. The lowest BCUT2D eigenvalue weighted by Gasteiger charge is -2.43. The first-order valence-corrected chi connectivity index (χ1v) is 16.0. The van der Waals surface area contributed by atoms with Gasteiger partial charge in [0, 0.05) is 58.6 Å². The SMILES string of the molecule is CC#CC(=O)N1CC[C@H](n2nnc3c(N4CC(N(C)C)C4)nc4c(F)c(-c5c(C)c(Cl)cc6[nH]ncc56)c(C#N)cc4c32)C[C@H]1CC#N. The maximum absolute atomic E-state index is 17.2. The number of nitrogens with one attached hydrogen (secondary N) is 1. The molecule has 5 aromatic rings. The maximum Gasteiger partial charge on any atom is 0.298 e. The standard InChI is InChI=1S/C34H31ClFN11O/c1-5-6-27(48)46-10-8-21(12-20(46)7-9-37)47-33-23-11-19(14-38)29(28-18(2)25(35)13-26-24(28)15-39-41-26)30(36)31(23)40-34(32(33)42-43-47)45-16-22(17-45)44(3)4/h11,13,15,20-22H,7-8,10,12,16-17H2,1-4H3,(H,39,41)/t20-,21+/m1/s1. The number of hydrogen-bond acceptors (Lipinski definition) is 9. The van der Waals surface area contributed by atoms with Crippen LogP contribution in [0.5, 0.6) is 0 Å². The zero-order valence-corrected chi connectivity index (χ0v) is 27.6.